The Morgan fingerprint density at radius 2 is 1.72 bits per heavy atom. The van der Waals surface area contributed by atoms with Crippen molar-refractivity contribution in [3.05, 3.63) is 53.6 Å². The van der Waals surface area contributed by atoms with Gasteiger partial charge >= 0.3 is 0 Å². The Hall–Kier alpha value is -2.69. The lowest BCUT2D eigenvalue weighted by atomic mass is 10.0. The van der Waals surface area contributed by atoms with Crippen LogP contribution in [0.25, 0.3) is 0 Å². The van der Waals surface area contributed by atoms with E-state index in [0.29, 0.717) is 23.4 Å². The van der Waals surface area contributed by atoms with Gasteiger partial charge in [-0.25, -0.2) is 0 Å². The van der Waals surface area contributed by atoms with Gasteiger partial charge < -0.3 is 20.1 Å². The van der Waals surface area contributed by atoms with Gasteiger partial charge in [0, 0.05) is 25.3 Å². The highest BCUT2D eigenvalue weighted by molar-refractivity contribution is 5.93. The molecule has 0 amide bonds. The molecule has 1 unspecified atom stereocenters. The third-order valence-corrected chi connectivity index (χ3v) is 4.09. The van der Waals surface area contributed by atoms with Gasteiger partial charge in [-0.05, 0) is 30.5 Å². The van der Waals surface area contributed by atoms with Gasteiger partial charge in [-0.15, -0.1) is 0 Å². The van der Waals surface area contributed by atoms with E-state index in [4.69, 9.17) is 9.47 Å². The molecule has 1 atom stereocenters. The Morgan fingerprint density at radius 1 is 1.04 bits per heavy atom. The predicted molar refractivity (Wildman–Crippen MR) is 104 cm³/mol. The molecule has 0 saturated heterocycles. The van der Waals surface area contributed by atoms with Crippen molar-refractivity contribution >= 4 is 11.6 Å². The van der Waals surface area contributed by atoms with Crippen molar-refractivity contribution in [1.29, 1.82) is 0 Å². The van der Waals surface area contributed by atoms with Crippen LogP contribution in [0.5, 0.6) is 11.5 Å². The molecule has 0 aromatic heterocycles. The van der Waals surface area contributed by atoms with Crippen molar-refractivity contribution in [2.45, 2.75) is 19.8 Å². The Kier molecular flexibility index (Phi) is 6.69. The lowest BCUT2D eigenvalue weighted by Gasteiger charge is -2.17. The number of hydrogen-bond acceptors (Lipinski definition) is 3. The maximum absolute atomic E-state index is 5.33. The number of aliphatic imine (C=N–C) groups is 1. The van der Waals surface area contributed by atoms with Crippen LogP contribution in [0.3, 0.4) is 0 Å². The summed E-state index contributed by atoms with van der Waals surface area (Å²) in [7, 11) is 5.00. The number of methoxy groups -OCH3 is 2. The molecule has 0 aliphatic rings. The number of anilines is 1. The molecule has 0 fully saturated rings. The summed E-state index contributed by atoms with van der Waals surface area (Å²) in [5.41, 5.74) is 3.46. The number of nitrogens with one attached hydrogen (secondary N) is 2. The summed E-state index contributed by atoms with van der Waals surface area (Å²) in [6, 6.07) is 14.3. The average Bonchev–Trinajstić information content (AvgIpc) is 2.65. The Labute approximate surface area is 150 Å². The lowest BCUT2D eigenvalue weighted by Crippen LogP contribution is -2.33. The van der Waals surface area contributed by atoms with Gasteiger partial charge in [-0.2, -0.15) is 0 Å². The zero-order valence-corrected chi connectivity index (χ0v) is 15.6. The number of aryl methyl sites for hydroxylation is 1. The van der Waals surface area contributed by atoms with E-state index in [-0.39, 0.29) is 0 Å². The second-order valence-electron chi connectivity index (χ2n) is 5.96. The van der Waals surface area contributed by atoms with Crippen LogP contribution in [0, 0.1) is 6.92 Å². The smallest absolute Gasteiger partial charge is 0.195 e. The van der Waals surface area contributed by atoms with Crippen LogP contribution < -0.4 is 20.1 Å². The zero-order chi connectivity index (χ0) is 18.2. The predicted octanol–water partition coefficient (Wildman–Crippen LogP) is 3.80. The van der Waals surface area contributed by atoms with Crippen molar-refractivity contribution in [2.24, 2.45) is 4.99 Å². The van der Waals surface area contributed by atoms with Crippen LogP contribution in [0.15, 0.2) is 47.5 Å². The number of benzene rings is 2. The maximum atomic E-state index is 5.33. The first kappa shape index (κ1) is 18.6. The molecule has 134 valence electrons. The molecule has 0 heterocycles. The molecule has 25 heavy (non-hydrogen) atoms. The molecule has 2 N–H and O–H groups in total. The summed E-state index contributed by atoms with van der Waals surface area (Å²) >= 11 is 0. The molecule has 0 radical (unpaired) electrons. The van der Waals surface area contributed by atoms with Crippen LogP contribution in [0.1, 0.15) is 24.0 Å². The summed E-state index contributed by atoms with van der Waals surface area (Å²) < 4.78 is 10.6. The number of hydrogen-bond donors (Lipinski definition) is 2. The van der Waals surface area contributed by atoms with Crippen LogP contribution in [-0.2, 0) is 0 Å². The molecule has 2 aromatic rings. The third kappa shape index (κ3) is 5.14. The van der Waals surface area contributed by atoms with E-state index in [1.54, 1.807) is 21.3 Å². The van der Waals surface area contributed by atoms with Crippen molar-refractivity contribution in [3.63, 3.8) is 0 Å². The highest BCUT2D eigenvalue weighted by Crippen LogP contribution is 2.29. The average molecular weight is 341 g/mol. The largest absolute Gasteiger partial charge is 0.493 e. The quantitative estimate of drug-likeness (QED) is 0.620. The zero-order valence-electron chi connectivity index (χ0n) is 15.6. The SMILES string of the molecule is CN=C(NCC(C)c1ccc(C)cc1)Nc1ccc(OC)c(OC)c1. The Morgan fingerprint density at radius 3 is 2.32 bits per heavy atom. The fourth-order valence-electron chi connectivity index (χ4n) is 2.49. The van der Waals surface area contributed by atoms with E-state index >= 15 is 0 Å². The van der Waals surface area contributed by atoms with Crippen molar-refractivity contribution in [3.8, 4) is 11.5 Å². The fraction of sp³-hybridized carbons (Fsp3) is 0.350. The number of ether oxygens (including phenoxy) is 2. The fourth-order valence-corrected chi connectivity index (χ4v) is 2.49. The van der Waals surface area contributed by atoms with E-state index in [1.807, 2.05) is 18.2 Å². The highest BCUT2D eigenvalue weighted by Gasteiger charge is 2.09. The van der Waals surface area contributed by atoms with E-state index in [1.165, 1.54) is 11.1 Å². The summed E-state index contributed by atoms with van der Waals surface area (Å²) in [4.78, 5) is 4.28. The second kappa shape index (κ2) is 8.97. The highest BCUT2D eigenvalue weighted by atomic mass is 16.5. The number of guanidine groups is 1. The maximum Gasteiger partial charge on any atom is 0.195 e. The van der Waals surface area contributed by atoms with Crippen molar-refractivity contribution < 1.29 is 9.47 Å². The summed E-state index contributed by atoms with van der Waals surface area (Å²) in [6.07, 6.45) is 0. The molecule has 0 aliphatic heterocycles. The van der Waals surface area contributed by atoms with Gasteiger partial charge in [0.1, 0.15) is 0 Å². The Balaban J connectivity index is 1.97. The minimum Gasteiger partial charge on any atom is -0.493 e. The molecule has 0 aliphatic carbocycles. The third-order valence-electron chi connectivity index (χ3n) is 4.09. The van der Waals surface area contributed by atoms with E-state index < -0.39 is 0 Å². The molecule has 2 aromatic carbocycles. The van der Waals surface area contributed by atoms with Gasteiger partial charge in [-0.1, -0.05) is 36.8 Å². The van der Waals surface area contributed by atoms with Gasteiger partial charge in [0.2, 0.25) is 0 Å². The normalized spacial score (nSPS) is 12.4. The molecule has 2 rings (SSSR count). The molecule has 5 nitrogen and oxygen atoms in total. The lowest BCUT2D eigenvalue weighted by molar-refractivity contribution is 0.355. The first-order valence-electron chi connectivity index (χ1n) is 8.33. The van der Waals surface area contributed by atoms with E-state index in [9.17, 15) is 0 Å². The summed E-state index contributed by atoms with van der Waals surface area (Å²) in [5.74, 6) is 2.47. The van der Waals surface area contributed by atoms with Crippen LogP contribution >= 0.6 is 0 Å². The first-order valence-corrected chi connectivity index (χ1v) is 8.33. The minimum atomic E-state index is 0.379. The van der Waals surface area contributed by atoms with E-state index in [0.717, 1.165) is 12.2 Å². The molecule has 5 heteroatoms. The van der Waals surface area contributed by atoms with Crippen molar-refractivity contribution in [1.82, 2.24) is 5.32 Å². The van der Waals surface area contributed by atoms with Gasteiger partial charge in [0.05, 0.1) is 14.2 Å². The monoisotopic (exact) mass is 341 g/mol. The van der Waals surface area contributed by atoms with Gasteiger partial charge in [0.15, 0.2) is 17.5 Å². The minimum absolute atomic E-state index is 0.379. The molecule has 0 spiro atoms. The second-order valence-corrected chi connectivity index (χ2v) is 5.96. The standard InChI is InChI=1S/C20H27N3O2/c1-14-6-8-16(9-7-14)15(2)13-22-20(21-3)23-17-10-11-18(24-4)19(12-17)25-5/h6-12,15H,13H2,1-5H3,(H2,21,22,23). The van der Waals surface area contributed by atoms with Gasteiger partial charge in [0.25, 0.3) is 0 Å². The van der Waals surface area contributed by atoms with E-state index in [2.05, 4.69) is 53.7 Å². The van der Waals surface area contributed by atoms with Crippen LogP contribution in [0.4, 0.5) is 5.69 Å². The Bertz CT molecular complexity index is 711. The molecular weight excluding hydrogens is 314 g/mol. The van der Waals surface area contributed by atoms with Gasteiger partial charge in [-0.3, -0.25) is 4.99 Å². The number of nitrogens with zero attached hydrogens (tertiary/aromatic N) is 1. The first-order chi connectivity index (χ1) is 12.1. The molecule has 0 saturated carbocycles. The summed E-state index contributed by atoms with van der Waals surface area (Å²) in [6.45, 7) is 5.08. The van der Waals surface area contributed by atoms with Crippen molar-refractivity contribution in [2.75, 3.05) is 33.1 Å². The number of rotatable bonds is 6. The summed E-state index contributed by atoms with van der Waals surface area (Å²) in [5, 5.41) is 6.64. The molecule has 0 bridgehead atoms. The topological polar surface area (TPSA) is 54.9 Å². The molecular formula is C20H27N3O2. The van der Waals surface area contributed by atoms with Crippen LogP contribution in [-0.4, -0.2) is 33.8 Å². The van der Waals surface area contributed by atoms with Crippen LogP contribution in [0.2, 0.25) is 0 Å².